The van der Waals surface area contributed by atoms with Crippen LogP contribution in [0, 0.1) is 11.6 Å². The largest absolute Gasteiger partial charge is 0.313 e. The molecule has 2 rings (SSSR count). The maximum atomic E-state index is 12.9. The summed E-state index contributed by atoms with van der Waals surface area (Å²) in [4.78, 5) is 0. The van der Waals surface area contributed by atoms with Crippen LogP contribution in [0.15, 0.2) is 18.2 Å². The van der Waals surface area contributed by atoms with Gasteiger partial charge in [0.05, 0.1) is 0 Å². The van der Waals surface area contributed by atoms with Crippen molar-refractivity contribution in [3.8, 4) is 0 Å². The van der Waals surface area contributed by atoms with Crippen LogP contribution < -0.4 is 5.32 Å². The van der Waals surface area contributed by atoms with Crippen LogP contribution in [0.2, 0.25) is 0 Å². The number of hydrogen-bond donors (Lipinski definition) is 1. The first-order chi connectivity index (χ1) is 8.13. The molecule has 0 aliphatic carbocycles. The zero-order valence-corrected chi connectivity index (χ0v) is 10.7. The molecule has 1 aliphatic heterocycles. The fraction of sp³-hybridized carbons (Fsp3) is 0.538. The van der Waals surface area contributed by atoms with Crippen molar-refractivity contribution < 1.29 is 8.78 Å². The molecule has 1 saturated heterocycles. The van der Waals surface area contributed by atoms with Gasteiger partial charge in [0.1, 0.15) is 11.6 Å². The zero-order chi connectivity index (χ0) is 12.3. The normalized spacial score (nSPS) is 24.2. The Hall–Kier alpha value is -0.610. The molecule has 2 unspecified atom stereocenters. The van der Waals surface area contributed by atoms with Crippen molar-refractivity contribution in [2.75, 3.05) is 12.3 Å². The molecule has 1 aromatic carbocycles. The minimum absolute atomic E-state index is 0.495. The maximum absolute atomic E-state index is 12.9. The molecule has 17 heavy (non-hydrogen) atoms. The number of rotatable bonds is 4. The number of thioether (sulfide) groups is 1. The SMILES string of the molecule is CC1CC(NCCc2cc(F)cc(F)c2)CS1. The lowest BCUT2D eigenvalue weighted by atomic mass is 10.1. The maximum Gasteiger partial charge on any atom is 0.126 e. The lowest BCUT2D eigenvalue weighted by Gasteiger charge is -2.11. The molecule has 1 N–H and O–H groups in total. The van der Waals surface area contributed by atoms with Crippen LogP contribution in [-0.2, 0) is 6.42 Å². The van der Waals surface area contributed by atoms with Gasteiger partial charge in [-0.2, -0.15) is 11.8 Å². The molecule has 2 atom stereocenters. The quantitative estimate of drug-likeness (QED) is 0.890. The van der Waals surface area contributed by atoms with Gasteiger partial charge in [-0.05, 0) is 37.1 Å². The van der Waals surface area contributed by atoms with Gasteiger partial charge in [-0.15, -0.1) is 0 Å². The molecule has 0 radical (unpaired) electrons. The molecule has 1 fully saturated rings. The third kappa shape index (κ3) is 3.96. The second-order valence-electron chi connectivity index (χ2n) is 4.56. The van der Waals surface area contributed by atoms with Crippen molar-refractivity contribution in [1.29, 1.82) is 0 Å². The minimum atomic E-state index is -0.495. The van der Waals surface area contributed by atoms with Crippen LogP contribution in [0.5, 0.6) is 0 Å². The van der Waals surface area contributed by atoms with Crippen LogP contribution in [0.25, 0.3) is 0 Å². The molecule has 0 spiro atoms. The van der Waals surface area contributed by atoms with Crippen LogP contribution in [0.3, 0.4) is 0 Å². The fourth-order valence-electron chi connectivity index (χ4n) is 2.14. The molecule has 1 aliphatic rings. The van der Waals surface area contributed by atoms with Gasteiger partial charge in [-0.3, -0.25) is 0 Å². The summed E-state index contributed by atoms with van der Waals surface area (Å²) in [7, 11) is 0. The molecular weight excluding hydrogens is 240 g/mol. The molecule has 4 heteroatoms. The Morgan fingerprint density at radius 2 is 2.00 bits per heavy atom. The van der Waals surface area contributed by atoms with Gasteiger partial charge in [-0.25, -0.2) is 8.78 Å². The van der Waals surface area contributed by atoms with Crippen molar-refractivity contribution in [1.82, 2.24) is 5.32 Å². The lowest BCUT2D eigenvalue weighted by Crippen LogP contribution is -2.30. The Labute approximate surface area is 105 Å². The molecule has 1 aromatic rings. The van der Waals surface area contributed by atoms with Gasteiger partial charge in [0, 0.05) is 23.1 Å². The first-order valence-electron chi connectivity index (χ1n) is 5.93. The fourth-order valence-corrected chi connectivity index (χ4v) is 3.32. The van der Waals surface area contributed by atoms with Crippen LogP contribution in [0.4, 0.5) is 8.78 Å². The van der Waals surface area contributed by atoms with E-state index in [1.54, 1.807) is 0 Å². The summed E-state index contributed by atoms with van der Waals surface area (Å²) in [5, 5.41) is 4.16. The van der Waals surface area contributed by atoms with E-state index in [0.29, 0.717) is 18.0 Å². The average molecular weight is 257 g/mol. The summed E-state index contributed by atoms with van der Waals surface area (Å²) < 4.78 is 25.9. The summed E-state index contributed by atoms with van der Waals surface area (Å²) in [5.41, 5.74) is 0.716. The highest BCUT2D eigenvalue weighted by Gasteiger charge is 2.20. The van der Waals surface area contributed by atoms with E-state index in [4.69, 9.17) is 0 Å². The monoisotopic (exact) mass is 257 g/mol. The topological polar surface area (TPSA) is 12.0 Å². The molecule has 0 amide bonds. The van der Waals surface area contributed by atoms with Crippen molar-refractivity contribution in [3.05, 3.63) is 35.4 Å². The van der Waals surface area contributed by atoms with Gasteiger partial charge in [0.25, 0.3) is 0 Å². The second-order valence-corrected chi connectivity index (χ2v) is 6.03. The summed E-state index contributed by atoms with van der Waals surface area (Å²) in [6.07, 6.45) is 1.85. The van der Waals surface area contributed by atoms with E-state index >= 15 is 0 Å². The number of hydrogen-bond acceptors (Lipinski definition) is 2. The van der Waals surface area contributed by atoms with Gasteiger partial charge >= 0.3 is 0 Å². The highest BCUT2D eigenvalue weighted by molar-refractivity contribution is 8.00. The number of benzene rings is 1. The van der Waals surface area contributed by atoms with Crippen molar-refractivity contribution in [3.63, 3.8) is 0 Å². The Bertz CT molecular complexity index is 363. The Balaban J connectivity index is 1.78. The van der Waals surface area contributed by atoms with E-state index in [1.807, 2.05) is 11.8 Å². The predicted molar refractivity (Wildman–Crippen MR) is 68.4 cm³/mol. The molecule has 0 bridgehead atoms. The van der Waals surface area contributed by atoms with E-state index in [9.17, 15) is 8.78 Å². The van der Waals surface area contributed by atoms with Gasteiger partial charge in [0.15, 0.2) is 0 Å². The molecule has 1 nitrogen and oxygen atoms in total. The third-order valence-corrected chi connectivity index (χ3v) is 4.32. The Morgan fingerprint density at radius 1 is 1.29 bits per heavy atom. The van der Waals surface area contributed by atoms with Crippen molar-refractivity contribution in [2.45, 2.75) is 31.1 Å². The standard InChI is InChI=1S/C13H17F2NS/c1-9-4-13(8-17-9)16-3-2-10-5-11(14)7-12(15)6-10/h5-7,9,13,16H,2-4,8H2,1H3. The van der Waals surface area contributed by atoms with Crippen molar-refractivity contribution in [2.24, 2.45) is 0 Å². The number of nitrogens with one attached hydrogen (secondary N) is 1. The predicted octanol–water partition coefficient (Wildman–Crippen LogP) is 2.99. The second kappa shape index (κ2) is 5.83. The van der Waals surface area contributed by atoms with Gasteiger partial charge in [-0.1, -0.05) is 6.92 Å². The summed E-state index contributed by atoms with van der Waals surface area (Å²) >= 11 is 1.97. The zero-order valence-electron chi connectivity index (χ0n) is 9.88. The third-order valence-electron chi connectivity index (χ3n) is 2.97. The average Bonchev–Trinajstić information content (AvgIpc) is 2.63. The van der Waals surface area contributed by atoms with Crippen molar-refractivity contribution >= 4 is 11.8 Å². The highest BCUT2D eigenvalue weighted by Crippen LogP contribution is 2.25. The van der Waals surface area contributed by atoms with Crippen LogP contribution >= 0.6 is 11.8 Å². The molecular formula is C13H17F2NS. The highest BCUT2D eigenvalue weighted by atomic mass is 32.2. The minimum Gasteiger partial charge on any atom is -0.313 e. The van der Waals surface area contributed by atoms with Gasteiger partial charge < -0.3 is 5.32 Å². The summed E-state index contributed by atoms with van der Waals surface area (Å²) in [5.74, 6) is 0.147. The molecule has 94 valence electrons. The number of halogens is 2. The summed E-state index contributed by atoms with van der Waals surface area (Å²) in [6.45, 7) is 3.01. The van der Waals surface area contributed by atoms with Gasteiger partial charge in [0.2, 0.25) is 0 Å². The molecule has 1 heterocycles. The van der Waals surface area contributed by atoms with E-state index in [-0.39, 0.29) is 0 Å². The summed E-state index contributed by atoms with van der Waals surface area (Å²) in [6, 6.07) is 4.26. The van der Waals surface area contributed by atoms with E-state index in [1.165, 1.54) is 18.6 Å². The molecule has 0 aromatic heterocycles. The van der Waals surface area contributed by atoms with E-state index in [0.717, 1.165) is 23.6 Å². The van der Waals surface area contributed by atoms with Crippen LogP contribution in [0.1, 0.15) is 18.9 Å². The first kappa shape index (κ1) is 12.8. The Morgan fingerprint density at radius 3 is 2.59 bits per heavy atom. The Kier molecular flexibility index (Phi) is 4.40. The van der Waals surface area contributed by atoms with E-state index in [2.05, 4.69) is 12.2 Å². The first-order valence-corrected chi connectivity index (χ1v) is 6.98. The lowest BCUT2D eigenvalue weighted by molar-refractivity contribution is 0.538. The van der Waals surface area contributed by atoms with E-state index < -0.39 is 11.6 Å². The van der Waals surface area contributed by atoms with Crippen LogP contribution in [-0.4, -0.2) is 23.6 Å². The molecule has 0 saturated carbocycles. The smallest absolute Gasteiger partial charge is 0.126 e.